The quantitative estimate of drug-likeness (QED) is 0.0992. The van der Waals surface area contributed by atoms with E-state index in [1.807, 2.05) is 25.1 Å². The Bertz CT molecular complexity index is 1640. The smallest absolute Gasteiger partial charge is 0.272 e. The van der Waals surface area contributed by atoms with Crippen LogP contribution in [0.5, 0.6) is 5.75 Å². The van der Waals surface area contributed by atoms with Gasteiger partial charge in [0.25, 0.3) is 11.8 Å². The maximum atomic E-state index is 13.5. The van der Waals surface area contributed by atoms with Crippen LogP contribution in [0.2, 0.25) is 0 Å². The molecule has 0 spiro atoms. The Kier molecular flexibility index (Phi) is 10.9. The number of hydrogen-bond acceptors (Lipinski definition) is 6. The number of benzene rings is 4. The maximum absolute atomic E-state index is 13.5. The molecule has 3 N–H and O–H groups in total. The third kappa shape index (κ3) is 9.17. The molecule has 4 aromatic carbocycles. The molecule has 9 heteroatoms. The number of thioether (sulfide) groups is 1. The third-order valence-electron chi connectivity index (χ3n) is 6.08. The second kappa shape index (κ2) is 15.2. The van der Waals surface area contributed by atoms with Crippen LogP contribution in [0.1, 0.15) is 40.1 Å². The number of carbonyl (C=O) groups excluding carboxylic acids is 4. The van der Waals surface area contributed by atoms with Crippen molar-refractivity contribution in [2.45, 2.75) is 18.7 Å². The molecule has 0 bridgehead atoms. The van der Waals surface area contributed by atoms with E-state index in [1.54, 1.807) is 91.0 Å². The summed E-state index contributed by atoms with van der Waals surface area (Å²) in [6.45, 7) is 3.80. The highest BCUT2D eigenvalue weighted by atomic mass is 32.2. The Balaban J connectivity index is 1.46. The Morgan fingerprint density at radius 3 is 2.21 bits per heavy atom. The van der Waals surface area contributed by atoms with Gasteiger partial charge in [0, 0.05) is 33.0 Å². The SMILES string of the molecule is CCOc1ccccc1/C=C(/NC(=O)c1ccccc1)C(=O)Nc1cccc(SCC(=O)Nc2ccc(C(C)=O)cc2)c1. The van der Waals surface area contributed by atoms with Crippen LogP contribution in [-0.4, -0.2) is 35.9 Å². The molecule has 218 valence electrons. The third-order valence-corrected chi connectivity index (χ3v) is 7.08. The van der Waals surface area contributed by atoms with Crippen LogP contribution in [0.3, 0.4) is 0 Å². The summed E-state index contributed by atoms with van der Waals surface area (Å²) in [5.41, 5.74) is 2.74. The van der Waals surface area contributed by atoms with Crippen molar-refractivity contribution in [1.82, 2.24) is 5.32 Å². The van der Waals surface area contributed by atoms with Crippen LogP contribution < -0.4 is 20.7 Å². The van der Waals surface area contributed by atoms with E-state index >= 15 is 0 Å². The minimum atomic E-state index is -0.524. The minimum Gasteiger partial charge on any atom is -0.493 e. The normalized spacial score (nSPS) is 10.9. The molecule has 0 atom stereocenters. The molecule has 0 aliphatic rings. The van der Waals surface area contributed by atoms with Gasteiger partial charge in [0.15, 0.2) is 5.78 Å². The Hall–Kier alpha value is -5.15. The van der Waals surface area contributed by atoms with Gasteiger partial charge in [0.2, 0.25) is 5.91 Å². The van der Waals surface area contributed by atoms with Gasteiger partial charge in [-0.05, 0) is 80.6 Å². The van der Waals surface area contributed by atoms with Gasteiger partial charge in [0.05, 0.1) is 12.4 Å². The van der Waals surface area contributed by atoms with Crippen LogP contribution in [0, 0.1) is 0 Å². The van der Waals surface area contributed by atoms with Crippen molar-refractivity contribution < 1.29 is 23.9 Å². The molecule has 0 aliphatic carbocycles. The molecule has 0 aliphatic heterocycles. The lowest BCUT2D eigenvalue weighted by molar-refractivity contribution is -0.114. The zero-order valence-corrected chi connectivity index (χ0v) is 24.6. The number of anilines is 2. The fourth-order valence-corrected chi connectivity index (χ4v) is 4.74. The van der Waals surface area contributed by atoms with E-state index in [2.05, 4.69) is 16.0 Å². The van der Waals surface area contributed by atoms with Gasteiger partial charge in [0.1, 0.15) is 11.4 Å². The number of amides is 3. The van der Waals surface area contributed by atoms with Crippen LogP contribution in [0.25, 0.3) is 6.08 Å². The molecule has 0 heterocycles. The van der Waals surface area contributed by atoms with Crippen LogP contribution in [0.4, 0.5) is 11.4 Å². The zero-order valence-electron chi connectivity index (χ0n) is 23.8. The number of Topliss-reactive ketones (excluding diaryl/α,β-unsaturated/α-hetero) is 1. The van der Waals surface area contributed by atoms with Gasteiger partial charge >= 0.3 is 0 Å². The first kappa shape index (κ1) is 30.8. The van der Waals surface area contributed by atoms with Gasteiger partial charge < -0.3 is 20.7 Å². The molecule has 0 radical (unpaired) electrons. The first-order valence-electron chi connectivity index (χ1n) is 13.6. The molecule has 0 fully saturated rings. The fraction of sp³-hybridized carbons (Fsp3) is 0.118. The van der Waals surface area contributed by atoms with E-state index in [0.29, 0.717) is 40.4 Å². The highest BCUT2D eigenvalue weighted by Crippen LogP contribution is 2.24. The highest BCUT2D eigenvalue weighted by molar-refractivity contribution is 8.00. The molecule has 0 unspecified atom stereocenters. The minimum absolute atomic E-state index is 0.0363. The monoisotopic (exact) mass is 593 g/mol. The van der Waals surface area contributed by atoms with Crippen molar-refractivity contribution in [3.63, 3.8) is 0 Å². The Morgan fingerprint density at radius 1 is 0.767 bits per heavy atom. The van der Waals surface area contributed by atoms with E-state index in [-0.39, 0.29) is 23.1 Å². The summed E-state index contributed by atoms with van der Waals surface area (Å²) >= 11 is 1.31. The average molecular weight is 594 g/mol. The van der Waals surface area contributed by atoms with Gasteiger partial charge in [-0.3, -0.25) is 19.2 Å². The number of nitrogens with one attached hydrogen (secondary N) is 3. The first-order valence-corrected chi connectivity index (χ1v) is 14.6. The van der Waals surface area contributed by atoms with Crippen molar-refractivity contribution >= 4 is 52.7 Å². The van der Waals surface area contributed by atoms with E-state index in [9.17, 15) is 19.2 Å². The van der Waals surface area contributed by atoms with E-state index in [4.69, 9.17) is 4.74 Å². The number of carbonyl (C=O) groups is 4. The van der Waals surface area contributed by atoms with Gasteiger partial charge in [-0.25, -0.2) is 0 Å². The highest BCUT2D eigenvalue weighted by Gasteiger charge is 2.16. The molecule has 4 rings (SSSR count). The molecular formula is C34H31N3O5S. The molecule has 0 saturated heterocycles. The largest absolute Gasteiger partial charge is 0.493 e. The van der Waals surface area contributed by atoms with Crippen molar-refractivity contribution in [1.29, 1.82) is 0 Å². The standard InChI is InChI=1S/C34H31N3O5S/c1-3-42-31-15-8-7-12-26(31)20-30(37-33(40)25-10-5-4-6-11-25)34(41)36-28-13-9-14-29(21-28)43-22-32(39)35-27-18-16-24(17-19-27)23(2)38/h4-21H,3,22H2,1-2H3,(H,35,39)(H,36,41)(H,37,40)/b30-20+. The second-order valence-electron chi connectivity index (χ2n) is 9.30. The van der Waals surface area contributed by atoms with Gasteiger partial charge in [-0.15, -0.1) is 11.8 Å². The fourth-order valence-electron chi connectivity index (χ4n) is 3.98. The van der Waals surface area contributed by atoms with E-state index in [1.165, 1.54) is 18.7 Å². The summed E-state index contributed by atoms with van der Waals surface area (Å²) in [4.78, 5) is 51.2. The predicted molar refractivity (Wildman–Crippen MR) is 170 cm³/mol. The zero-order chi connectivity index (χ0) is 30.6. The van der Waals surface area contributed by atoms with Crippen molar-refractivity contribution in [2.24, 2.45) is 0 Å². The maximum Gasteiger partial charge on any atom is 0.272 e. The first-order chi connectivity index (χ1) is 20.8. The molecule has 4 aromatic rings. The van der Waals surface area contributed by atoms with E-state index < -0.39 is 11.8 Å². The van der Waals surface area contributed by atoms with Gasteiger partial charge in [-0.2, -0.15) is 0 Å². The summed E-state index contributed by atoms with van der Waals surface area (Å²) in [5.74, 6) is -0.491. The van der Waals surface area contributed by atoms with Crippen molar-refractivity contribution in [2.75, 3.05) is 23.0 Å². The van der Waals surface area contributed by atoms with Crippen LogP contribution in [0.15, 0.2) is 114 Å². The summed E-state index contributed by atoms with van der Waals surface area (Å²) in [6, 6.07) is 29.7. The average Bonchev–Trinajstić information content (AvgIpc) is 3.01. The molecule has 0 aromatic heterocycles. The number of para-hydroxylation sites is 1. The van der Waals surface area contributed by atoms with Gasteiger partial charge in [-0.1, -0.05) is 42.5 Å². The number of ether oxygens (including phenoxy) is 1. The predicted octanol–water partition coefficient (Wildman–Crippen LogP) is 6.43. The molecule has 8 nitrogen and oxygen atoms in total. The summed E-state index contributed by atoms with van der Waals surface area (Å²) in [5, 5.41) is 8.39. The van der Waals surface area contributed by atoms with Crippen LogP contribution in [-0.2, 0) is 9.59 Å². The molecule has 0 saturated carbocycles. The molecular weight excluding hydrogens is 562 g/mol. The second-order valence-corrected chi connectivity index (χ2v) is 10.4. The lowest BCUT2D eigenvalue weighted by Crippen LogP contribution is -2.30. The lowest BCUT2D eigenvalue weighted by Gasteiger charge is -2.13. The number of hydrogen-bond donors (Lipinski definition) is 3. The molecule has 3 amide bonds. The van der Waals surface area contributed by atoms with E-state index in [0.717, 1.165) is 4.90 Å². The summed E-state index contributed by atoms with van der Waals surface area (Å²) in [6.07, 6.45) is 1.58. The topological polar surface area (TPSA) is 114 Å². The Labute approximate surface area is 254 Å². The lowest BCUT2D eigenvalue weighted by atomic mass is 10.1. The Morgan fingerprint density at radius 2 is 1.49 bits per heavy atom. The molecule has 43 heavy (non-hydrogen) atoms. The van der Waals surface area contributed by atoms with Crippen molar-refractivity contribution in [3.8, 4) is 5.75 Å². The van der Waals surface area contributed by atoms with Crippen LogP contribution >= 0.6 is 11.8 Å². The number of ketones is 1. The number of rotatable bonds is 12. The summed E-state index contributed by atoms with van der Waals surface area (Å²) in [7, 11) is 0. The summed E-state index contributed by atoms with van der Waals surface area (Å²) < 4.78 is 5.70. The van der Waals surface area contributed by atoms with Crippen molar-refractivity contribution in [3.05, 3.63) is 126 Å².